The highest BCUT2D eigenvalue weighted by Crippen LogP contribution is 2.31. The van der Waals surface area contributed by atoms with Crippen LogP contribution in [0.4, 0.5) is 0 Å². The van der Waals surface area contributed by atoms with Gasteiger partial charge in [0.1, 0.15) is 0 Å². The minimum atomic E-state index is -3.39. The molecule has 2 atom stereocenters. The molecule has 1 heterocycles. The molecule has 1 aromatic rings. The highest BCUT2D eigenvalue weighted by atomic mass is 35.5. The molecular formula is C7H9ClN2O2S2. The fraction of sp³-hybridized carbons (Fsp3) is 0.571. The van der Waals surface area contributed by atoms with Crippen LogP contribution in [0.5, 0.6) is 0 Å². The van der Waals surface area contributed by atoms with Crippen molar-refractivity contribution in [1.29, 1.82) is 0 Å². The van der Waals surface area contributed by atoms with Gasteiger partial charge >= 0.3 is 0 Å². The predicted molar refractivity (Wildman–Crippen MR) is 55.0 cm³/mol. The quantitative estimate of drug-likeness (QED) is 0.887. The second-order valence-corrected chi connectivity index (χ2v) is 6.93. The molecule has 2 rings (SSSR count). The first kappa shape index (κ1) is 10.4. The first-order chi connectivity index (χ1) is 6.49. The van der Waals surface area contributed by atoms with E-state index < -0.39 is 10.0 Å². The van der Waals surface area contributed by atoms with Crippen molar-refractivity contribution < 1.29 is 8.42 Å². The lowest BCUT2D eigenvalue weighted by Gasteiger charge is -2.01. The summed E-state index contributed by atoms with van der Waals surface area (Å²) >= 11 is 6.53. The highest BCUT2D eigenvalue weighted by Gasteiger charge is 2.36. The summed E-state index contributed by atoms with van der Waals surface area (Å²) in [6, 6.07) is 0.0841. The largest absolute Gasteiger partial charge is 0.251 e. The molecule has 14 heavy (non-hydrogen) atoms. The Bertz CT molecular complexity index is 442. The molecule has 4 nitrogen and oxygen atoms in total. The summed E-state index contributed by atoms with van der Waals surface area (Å²) in [7, 11) is -3.39. The molecule has 0 aliphatic heterocycles. The number of rotatable bonds is 3. The average molecular weight is 253 g/mol. The number of hydrogen-bond acceptors (Lipinski definition) is 4. The molecule has 1 N–H and O–H groups in total. The number of hydrogen-bond donors (Lipinski definition) is 1. The maximum absolute atomic E-state index is 11.6. The van der Waals surface area contributed by atoms with Gasteiger partial charge in [-0.05, 0) is 12.3 Å². The fourth-order valence-corrected chi connectivity index (χ4v) is 3.77. The predicted octanol–water partition coefficient (Wildman–Crippen LogP) is 1.48. The van der Waals surface area contributed by atoms with Crippen LogP contribution < -0.4 is 4.72 Å². The molecule has 1 saturated carbocycles. The van der Waals surface area contributed by atoms with E-state index in [4.69, 9.17) is 11.6 Å². The molecule has 0 spiro atoms. The zero-order valence-corrected chi connectivity index (χ0v) is 9.79. The number of halogens is 1. The van der Waals surface area contributed by atoms with Gasteiger partial charge < -0.3 is 0 Å². The Morgan fingerprint density at radius 2 is 2.36 bits per heavy atom. The van der Waals surface area contributed by atoms with Gasteiger partial charge in [0, 0.05) is 6.04 Å². The summed E-state index contributed by atoms with van der Waals surface area (Å²) in [6.07, 6.45) is 2.19. The van der Waals surface area contributed by atoms with Crippen molar-refractivity contribution in [2.45, 2.75) is 23.6 Å². The third-order valence-corrected chi connectivity index (χ3v) is 5.20. The molecular weight excluding hydrogens is 244 g/mol. The topological polar surface area (TPSA) is 59.1 Å². The summed E-state index contributed by atoms with van der Waals surface area (Å²) in [6.45, 7) is 2.01. The molecule has 1 fully saturated rings. The van der Waals surface area contributed by atoms with Crippen LogP contribution in [-0.4, -0.2) is 19.4 Å². The molecule has 1 aromatic heterocycles. The molecule has 0 bridgehead atoms. The second kappa shape index (κ2) is 3.44. The number of thiazole rings is 1. The maximum atomic E-state index is 11.6. The van der Waals surface area contributed by atoms with Crippen LogP contribution in [0.25, 0.3) is 0 Å². The Labute approximate surface area is 91.4 Å². The van der Waals surface area contributed by atoms with Crippen molar-refractivity contribution in [2.75, 3.05) is 0 Å². The van der Waals surface area contributed by atoms with Gasteiger partial charge in [-0.25, -0.2) is 18.1 Å². The standard InChI is InChI=1S/C7H9ClN2O2S2/c1-4-2-5(4)10-14(11,12)6-3-9-7(8)13-6/h3-5,10H,2H2,1H3. The highest BCUT2D eigenvalue weighted by molar-refractivity contribution is 7.91. The van der Waals surface area contributed by atoms with Crippen LogP contribution in [0.3, 0.4) is 0 Å². The summed E-state index contributed by atoms with van der Waals surface area (Å²) in [5, 5.41) is 0. The van der Waals surface area contributed by atoms with E-state index in [-0.39, 0.29) is 14.7 Å². The van der Waals surface area contributed by atoms with Crippen LogP contribution in [0, 0.1) is 5.92 Å². The lowest BCUT2D eigenvalue weighted by atomic mass is 10.5. The van der Waals surface area contributed by atoms with Crippen molar-refractivity contribution in [3.63, 3.8) is 0 Å². The monoisotopic (exact) mass is 252 g/mol. The number of nitrogens with one attached hydrogen (secondary N) is 1. The number of sulfonamides is 1. The summed E-state index contributed by atoms with van der Waals surface area (Å²) in [4.78, 5) is 3.69. The first-order valence-electron chi connectivity index (χ1n) is 4.13. The van der Waals surface area contributed by atoms with Crippen LogP contribution in [0.15, 0.2) is 10.4 Å². The lowest BCUT2D eigenvalue weighted by Crippen LogP contribution is -2.26. The van der Waals surface area contributed by atoms with E-state index in [1.54, 1.807) is 0 Å². The van der Waals surface area contributed by atoms with E-state index >= 15 is 0 Å². The molecule has 1 aliphatic carbocycles. The van der Waals surface area contributed by atoms with Gasteiger partial charge in [0.2, 0.25) is 0 Å². The molecule has 78 valence electrons. The van der Waals surface area contributed by atoms with Crippen molar-refractivity contribution in [2.24, 2.45) is 5.92 Å². The van der Waals surface area contributed by atoms with Gasteiger partial charge in [-0.2, -0.15) is 0 Å². The van der Waals surface area contributed by atoms with Crippen LogP contribution in [-0.2, 0) is 10.0 Å². The van der Waals surface area contributed by atoms with Gasteiger partial charge in [0.05, 0.1) is 6.20 Å². The van der Waals surface area contributed by atoms with E-state index in [0.29, 0.717) is 5.92 Å². The van der Waals surface area contributed by atoms with Crippen LogP contribution >= 0.6 is 22.9 Å². The van der Waals surface area contributed by atoms with Gasteiger partial charge in [-0.3, -0.25) is 0 Å². The minimum absolute atomic E-state index is 0.0841. The Morgan fingerprint density at radius 3 is 2.79 bits per heavy atom. The first-order valence-corrected chi connectivity index (χ1v) is 6.80. The van der Waals surface area contributed by atoms with E-state index in [0.717, 1.165) is 17.8 Å². The normalized spacial score (nSPS) is 26.4. The third kappa shape index (κ3) is 2.08. The lowest BCUT2D eigenvalue weighted by molar-refractivity contribution is 0.580. The average Bonchev–Trinajstić information content (AvgIpc) is 2.61. The zero-order valence-electron chi connectivity index (χ0n) is 7.40. The molecule has 0 saturated heterocycles. The molecule has 0 amide bonds. The van der Waals surface area contributed by atoms with Gasteiger partial charge in [0.25, 0.3) is 10.0 Å². The SMILES string of the molecule is CC1CC1NS(=O)(=O)c1cnc(Cl)s1. The number of aromatic nitrogens is 1. The van der Waals surface area contributed by atoms with E-state index in [2.05, 4.69) is 9.71 Å². The molecule has 2 unspecified atom stereocenters. The minimum Gasteiger partial charge on any atom is -0.232 e. The fourth-order valence-electron chi connectivity index (χ4n) is 1.11. The van der Waals surface area contributed by atoms with Gasteiger partial charge in [0.15, 0.2) is 8.68 Å². The molecule has 0 aromatic carbocycles. The summed E-state index contributed by atoms with van der Waals surface area (Å²) in [5.74, 6) is 0.438. The van der Waals surface area contributed by atoms with Crippen molar-refractivity contribution in [1.82, 2.24) is 9.71 Å². The van der Waals surface area contributed by atoms with Crippen LogP contribution in [0.2, 0.25) is 4.47 Å². The molecule has 7 heteroatoms. The molecule has 0 radical (unpaired) electrons. The van der Waals surface area contributed by atoms with Crippen molar-refractivity contribution >= 4 is 33.0 Å². The summed E-state index contributed by atoms with van der Waals surface area (Å²) in [5.41, 5.74) is 0. The van der Waals surface area contributed by atoms with Gasteiger partial charge in [-0.15, -0.1) is 0 Å². The summed E-state index contributed by atoms with van der Waals surface area (Å²) < 4.78 is 26.3. The van der Waals surface area contributed by atoms with E-state index in [1.807, 2.05) is 6.92 Å². The Balaban J connectivity index is 2.16. The maximum Gasteiger partial charge on any atom is 0.251 e. The smallest absolute Gasteiger partial charge is 0.232 e. The Hall–Kier alpha value is -0.170. The van der Waals surface area contributed by atoms with Crippen molar-refractivity contribution in [3.05, 3.63) is 10.7 Å². The second-order valence-electron chi connectivity index (χ2n) is 3.37. The zero-order chi connectivity index (χ0) is 10.3. The Morgan fingerprint density at radius 1 is 1.71 bits per heavy atom. The van der Waals surface area contributed by atoms with Crippen LogP contribution in [0.1, 0.15) is 13.3 Å². The van der Waals surface area contributed by atoms with Crippen molar-refractivity contribution in [3.8, 4) is 0 Å². The Kier molecular flexibility index (Phi) is 2.55. The van der Waals surface area contributed by atoms with E-state index in [9.17, 15) is 8.42 Å². The third-order valence-electron chi connectivity index (χ3n) is 2.14. The molecule has 1 aliphatic rings. The number of nitrogens with zero attached hydrogens (tertiary/aromatic N) is 1. The van der Waals surface area contributed by atoms with E-state index in [1.165, 1.54) is 6.20 Å². The van der Waals surface area contributed by atoms with Gasteiger partial charge in [-0.1, -0.05) is 29.9 Å².